The predicted octanol–water partition coefficient (Wildman–Crippen LogP) is 3.11. The second-order valence-corrected chi connectivity index (χ2v) is 5.05. The third kappa shape index (κ3) is 3.99. The number of nitrogens with two attached hydrogens (primary N) is 1. The van der Waals surface area contributed by atoms with Crippen molar-refractivity contribution in [2.45, 2.75) is 13.0 Å². The molecule has 6 heteroatoms. The van der Waals surface area contributed by atoms with Crippen molar-refractivity contribution >= 4 is 34.9 Å². The fourth-order valence-electron chi connectivity index (χ4n) is 1.72. The molecule has 1 amide bonds. The van der Waals surface area contributed by atoms with E-state index < -0.39 is 18.0 Å². The quantitative estimate of drug-likeness (QED) is 0.670. The standard InChI is InChI=1S/C16H15ClN2O3/c1-10(15(20)19-12-5-3-2-4-6-12)22-16(21)11-7-8-13(17)14(18)9-11/h2-10H,18H2,1H3,(H,19,20). The Kier molecular flexibility index (Phi) is 5.01. The molecule has 2 rings (SSSR count). The fourth-order valence-corrected chi connectivity index (χ4v) is 1.84. The minimum absolute atomic E-state index is 0.237. The van der Waals surface area contributed by atoms with Crippen molar-refractivity contribution < 1.29 is 14.3 Å². The number of amides is 1. The van der Waals surface area contributed by atoms with Gasteiger partial charge in [0.05, 0.1) is 16.3 Å². The van der Waals surface area contributed by atoms with Gasteiger partial charge in [-0.2, -0.15) is 0 Å². The lowest BCUT2D eigenvalue weighted by molar-refractivity contribution is -0.123. The summed E-state index contributed by atoms with van der Waals surface area (Å²) >= 11 is 5.79. The molecule has 0 aliphatic carbocycles. The molecule has 5 nitrogen and oxygen atoms in total. The van der Waals surface area contributed by atoms with Gasteiger partial charge in [-0.15, -0.1) is 0 Å². The SMILES string of the molecule is CC(OC(=O)c1ccc(Cl)c(N)c1)C(=O)Nc1ccccc1. The second kappa shape index (κ2) is 6.95. The molecule has 0 heterocycles. The predicted molar refractivity (Wildman–Crippen MR) is 85.8 cm³/mol. The highest BCUT2D eigenvalue weighted by Crippen LogP contribution is 2.20. The van der Waals surface area contributed by atoms with Crippen molar-refractivity contribution in [3.05, 3.63) is 59.1 Å². The highest BCUT2D eigenvalue weighted by Gasteiger charge is 2.19. The number of halogens is 1. The van der Waals surface area contributed by atoms with E-state index in [2.05, 4.69) is 5.32 Å². The Morgan fingerprint density at radius 1 is 1.18 bits per heavy atom. The summed E-state index contributed by atoms with van der Waals surface area (Å²) in [7, 11) is 0. The maximum absolute atomic E-state index is 12.0. The maximum Gasteiger partial charge on any atom is 0.338 e. The van der Waals surface area contributed by atoms with Crippen LogP contribution in [0.15, 0.2) is 48.5 Å². The van der Waals surface area contributed by atoms with E-state index in [9.17, 15) is 9.59 Å². The van der Waals surface area contributed by atoms with E-state index in [0.29, 0.717) is 10.7 Å². The largest absolute Gasteiger partial charge is 0.449 e. The van der Waals surface area contributed by atoms with Crippen LogP contribution in [0, 0.1) is 0 Å². The molecular weight excluding hydrogens is 304 g/mol. The van der Waals surface area contributed by atoms with Crippen LogP contribution in [0.5, 0.6) is 0 Å². The molecule has 1 unspecified atom stereocenters. The van der Waals surface area contributed by atoms with Crippen molar-refractivity contribution in [2.75, 3.05) is 11.1 Å². The van der Waals surface area contributed by atoms with Gasteiger partial charge in [0.1, 0.15) is 0 Å². The summed E-state index contributed by atoms with van der Waals surface area (Å²) in [6, 6.07) is 13.3. The molecule has 0 saturated heterocycles. The van der Waals surface area contributed by atoms with Gasteiger partial charge in [-0.3, -0.25) is 4.79 Å². The number of hydrogen-bond donors (Lipinski definition) is 2. The van der Waals surface area contributed by atoms with Gasteiger partial charge in [-0.25, -0.2) is 4.79 Å². The van der Waals surface area contributed by atoms with Crippen LogP contribution >= 0.6 is 11.6 Å². The summed E-state index contributed by atoms with van der Waals surface area (Å²) in [5.41, 5.74) is 6.78. The Morgan fingerprint density at radius 2 is 1.86 bits per heavy atom. The van der Waals surface area contributed by atoms with Gasteiger partial charge in [-0.05, 0) is 37.3 Å². The van der Waals surface area contributed by atoms with E-state index in [1.165, 1.54) is 25.1 Å². The third-order valence-corrected chi connectivity index (χ3v) is 3.27. The van der Waals surface area contributed by atoms with E-state index in [0.717, 1.165) is 0 Å². The molecule has 0 saturated carbocycles. The number of nitrogen functional groups attached to an aromatic ring is 1. The molecule has 0 fully saturated rings. The zero-order valence-corrected chi connectivity index (χ0v) is 12.6. The molecule has 22 heavy (non-hydrogen) atoms. The molecular formula is C16H15ClN2O3. The number of esters is 1. The van der Waals surface area contributed by atoms with Gasteiger partial charge in [-0.1, -0.05) is 29.8 Å². The molecule has 0 spiro atoms. The highest BCUT2D eigenvalue weighted by atomic mass is 35.5. The van der Waals surface area contributed by atoms with Gasteiger partial charge < -0.3 is 15.8 Å². The van der Waals surface area contributed by atoms with Crippen LogP contribution in [0.1, 0.15) is 17.3 Å². The Hall–Kier alpha value is -2.53. The minimum atomic E-state index is -0.940. The Bertz CT molecular complexity index is 689. The first-order chi connectivity index (χ1) is 10.5. The average molecular weight is 319 g/mol. The van der Waals surface area contributed by atoms with Gasteiger partial charge in [0, 0.05) is 5.69 Å². The van der Waals surface area contributed by atoms with Crippen LogP contribution in [-0.2, 0) is 9.53 Å². The molecule has 1 atom stereocenters. The van der Waals surface area contributed by atoms with E-state index in [4.69, 9.17) is 22.1 Å². The van der Waals surface area contributed by atoms with Crippen LogP contribution < -0.4 is 11.1 Å². The lowest BCUT2D eigenvalue weighted by atomic mass is 10.2. The zero-order valence-electron chi connectivity index (χ0n) is 11.9. The van der Waals surface area contributed by atoms with Gasteiger partial charge >= 0.3 is 5.97 Å². The number of rotatable bonds is 4. The summed E-state index contributed by atoms with van der Waals surface area (Å²) in [6.07, 6.45) is -0.940. The van der Waals surface area contributed by atoms with Crippen molar-refractivity contribution in [1.82, 2.24) is 0 Å². The second-order valence-electron chi connectivity index (χ2n) is 4.64. The zero-order chi connectivity index (χ0) is 16.1. The maximum atomic E-state index is 12.0. The number of anilines is 2. The van der Waals surface area contributed by atoms with Crippen LogP contribution in [0.3, 0.4) is 0 Å². The minimum Gasteiger partial charge on any atom is -0.449 e. The first-order valence-electron chi connectivity index (χ1n) is 6.59. The lowest BCUT2D eigenvalue weighted by Crippen LogP contribution is -2.30. The third-order valence-electron chi connectivity index (χ3n) is 2.93. The number of ether oxygens (including phenoxy) is 1. The van der Waals surface area contributed by atoms with E-state index in [-0.39, 0.29) is 11.3 Å². The average Bonchev–Trinajstić information content (AvgIpc) is 2.50. The molecule has 0 bridgehead atoms. The molecule has 0 aliphatic rings. The van der Waals surface area contributed by atoms with Crippen molar-refractivity contribution in [2.24, 2.45) is 0 Å². The highest BCUT2D eigenvalue weighted by molar-refractivity contribution is 6.33. The number of nitrogens with one attached hydrogen (secondary N) is 1. The molecule has 114 valence electrons. The van der Waals surface area contributed by atoms with Crippen molar-refractivity contribution in [3.63, 3.8) is 0 Å². The Labute approximate surface area is 133 Å². The molecule has 0 aliphatic heterocycles. The Morgan fingerprint density at radius 3 is 2.50 bits per heavy atom. The molecule has 2 aromatic carbocycles. The van der Waals surface area contributed by atoms with Crippen LogP contribution in [0.25, 0.3) is 0 Å². The number of carbonyl (C=O) groups excluding carboxylic acids is 2. The molecule has 0 radical (unpaired) electrons. The summed E-state index contributed by atoms with van der Waals surface area (Å²) in [5, 5.41) is 3.01. The monoisotopic (exact) mass is 318 g/mol. The topological polar surface area (TPSA) is 81.4 Å². The fraction of sp³-hybridized carbons (Fsp3) is 0.125. The van der Waals surface area contributed by atoms with Crippen LogP contribution in [0.4, 0.5) is 11.4 Å². The van der Waals surface area contributed by atoms with E-state index >= 15 is 0 Å². The van der Waals surface area contributed by atoms with Crippen LogP contribution in [-0.4, -0.2) is 18.0 Å². The summed E-state index contributed by atoms with van der Waals surface area (Å²) < 4.78 is 5.12. The van der Waals surface area contributed by atoms with Gasteiger partial charge in [0.25, 0.3) is 5.91 Å². The molecule has 0 aromatic heterocycles. The van der Waals surface area contributed by atoms with Crippen LogP contribution in [0.2, 0.25) is 5.02 Å². The van der Waals surface area contributed by atoms with Crippen molar-refractivity contribution in [1.29, 1.82) is 0 Å². The summed E-state index contributed by atoms with van der Waals surface area (Å²) in [6.45, 7) is 1.50. The molecule has 3 N–H and O–H groups in total. The van der Waals surface area contributed by atoms with E-state index in [1.54, 1.807) is 24.3 Å². The van der Waals surface area contributed by atoms with Gasteiger partial charge in [0.2, 0.25) is 0 Å². The van der Waals surface area contributed by atoms with E-state index in [1.807, 2.05) is 6.07 Å². The Balaban J connectivity index is 1.98. The lowest BCUT2D eigenvalue weighted by Gasteiger charge is -2.13. The summed E-state index contributed by atoms with van der Waals surface area (Å²) in [4.78, 5) is 23.9. The van der Waals surface area contributed by atoms with Crippen molar-refractivity contribution in [3.8, 4) is 0 Å². The number of carbonyl (C=O) groups is 2. The first kappa shape index (κ1) is 15.9. The number of benzene rings is 2. The smallest absolute Gasteiger partial charge is 0.338 e. The molecule has 2 aromatic rings. The normalized spacial score (nSPS) is 11.5. The first-order valence-corrected chi connectivity index (χ1v) is 6.97. The number of hydrogen-bond acceptors (Lipinski definition) is 4. The van der Waals surface area contributed by atoms with Gasteiger partial charge in [0.15, 0.2) is 6.10 Å². The summed E-state index contributed by atoms with van der Waals surface area (Å²) in [5.74, 6) is -1.06. The number of para-hydroxylation sites is 1.